The molecule has 3 heteroatoms. The average Bonchev–Trinajstić information content (AvgIpc) is 2.69. The standard InChI is InChI=1S/C10H10N2S/c1-2-10(13-7-1)4-3-9-5-6-11-8-12-9/h1-2,5-8H,3-4H2. The number of thiophene rings is 1. The highest BCUT2D eigenvalue weighted by atomic mass is 32.1. The summed E-state index contributed by atoms with van der Waals surface area (Å²) in [6, 6.07) is 6.21. The predicted molar refractivity (Wildman–Crippen MR) is 53.8 cm³/mol. The van der Waals surface area contributed by atoms with E-state index in [1.54, 1.807) is 23.9 Å². The van der Waals surface area contributed by atoms with Gasteiger partial charge in [0, 0.05) is 16.8 Å². The molecule has 0 aliphatic rings. The molecule has 0 aromatic carbocycles. The van der Waals surface area contributed by atoms with Gasteiger partial charge in [-0.05, 0) is 30.4 Å². The number of aromatic nitrogens is 2. The second-order valence-electron chi connectivity index (χ2n) is 2.78. The smallest absolute Gasteiger partial charge is 0.115 e. The Bertz CT molecular complexity index is 342. The summed E-state index contributed by atoms with van der Waals surface area (Å²) in [5.74, 6) is 0. The van der Waals surface area contributed by atoms with Crippen LogP contribution in [0.5, 0.6) is 0 Å². The third kappa shape index (κ3) is 2.36. The van der Waals surface area contributed by atoms with Crippen molar-refractivity contribution in [2.75, 3.05) is 0 Å². The monoisotopic (exact) mass is 190 g/mol. The lowest BCUT2D eigenvalue weighted by Crippen LogP contribution is -1.92. The molecule has 66 valence electrons. The number of hydrogen-bond donors (Lipinski definition) is 0. The molecule has 0 spiro atoms. The quantitative estimate of drug-likeness (QED) is 0.742. The third-order valence-electron chi connectivity index (χ3n) is 1.85. The van der Waals surface area contributed by atoms with Crippen LogP contribution in [0.2, 0.25) is 0 Å². The average molecular weight is 190 g/mol. The molecule has 0 radical (unpaired) electrons. The Morgan fingerprint density at radius 1 is 1.23 bits per heavy atom. The molecular weight excluding hydrogens is 180 g/mol. The Balaban J connectivity index is 1.94. The molecular formula is C10H10N2S. The van der Waals surface area contributed by atoms with Crippen LogP contribution in [0.15, 0.2) is 36.1 Å². The normalized spacial score (nSPS) is 10.2. The number of hydrogen-bond acceptors (Lipinski definition) is 3. The fraction of sp³-hybridized carbons (Fsp3) is 0.200. The van der Waals surface area contributed by atoms with E-state index in [0.717, 1.165) is 18.5 Å². The van der Waals surface area contributed by atoms with Crippen LogP contribution in [0.4, 0.5) is 0 Å². The van der Waals surface area contributed by atoms with Gasteiger partial charge in [-0.15, -0.1) is 11.3 Å². The number of nitrogens with zero attached hydrogens (tertiary/aromatic N) is 2. The molecule has 13 heavy (non-hydrogen) atoms. The molecule has 0 amide bonds. The van der Waals surface area contributed by atoms with Gasteiger partial charge in [0.15, 0.2) is 0 Å². The fourth-order valence-electron chi connectivity index (χ4n) is 1.17. The summed E-state index contributed by atoms with van der Waals surface area (Å²) in [4.78, 5) is 9.47. The van der Waals surface area contributed by atoms with Crippen molar-refractivity contribution in [2.45, 2.75) is 12.8 Å². The first-order valence-electron chi connectivity index (χ1n) is 4.22. The molecule has 0 atom stereocenters. The van der Waals surface area contributed by atoms with Crippen LogP contribution in [0.3, 0.4) is 0 Å². The van der Waals surface area contributed by atoms with Crippen molar-refractivity contribution in [3.05, 3.63) is 46.7 Å². The van der Waals surface area contributed by atoms with Crippen molar-refractivity contribution in [3.63, 3.8) is 0 Å². The van der Waals surface area contributed by atoms with Gasteiger partial charge < -0.3 is 0 Å². The van der Waals surface area contributed by atoms with Crippen molar-refractivity contribution >= 4 is 11.3 Å². The van der Waals surface area contributed by atoms with Crippen LogP contribution in [0, 0.1) is 0 Å². The second kappa shape index (κ2) is 4.14. The van der Waals surface area contributed by atoms with Gasteiger partial charge >= 0.3 is 0 Å². The lowest BCUT2D eigenvalue weighted by atomic mass is 10.2. The zero-order chi connectivity index (χ0) is 8.93. The van der Waals surface area contributed by atoms with Gasteiger partial charge in [0.2, 0.25) is 0 Å². The van der Waals surface area contributed by atoms with E-state index >= 15 is 0 Å². The van der Waals surface area contributed by atoms with Gasteiger partial charge in [-0.25, -0.2) is 9.97 Å². The van der Waals surface area contributed by atoms with Crippen LogP contribution in [-0.4, -0.2) is 9.97 Å². The van der Waals surface area contributed by atoms with Gasteiger partial charge in [0.1, 0.15) is 6.33 Å². The molecule has 0 aliphatic carbocycles. The van der Waals surface area contributed by atoms with Crippen LogP contribution < -0.4 is 0 Å². The number of aryl methyl sites for hydroxylation is 2. The molecule has 0 fully saturated rings. The van der Waals surface area contributed by atoms with Crippen molar-refractivity contribution in [1.29, 1.82) is 0 Å². The molecule has 2 heterocycles. The van der Waals surface area contributed by atoms with E-state index in [0.29, 0.717) is 0 Å². The minimum Gasteiger partial charge on any atom is -0.245 e. The minimum atomic E-state index is 1.00. The van der Waals surface area contributed by atoms with Crippen LogP contribution in [-0.2, 0) is 12.8 Å². The number of rotatable bonds is 3. The zero-order valence-electron chi connectivity index (χ0n) is 7.18. The topological polar surface area (TPSA) is 25.8 Å². The Labute approximate surface area is 81.3 Å². The van der Waals surface area contributed by atoms with E-state index in [2.05, 4.69) is 27.5 Å². The maximum atomic E-state index is 4.17. The third-order valence-corrected chi connectivity index (χ3v) is 2.79. The van der Waals surface area contributed by atoms with Crippen LogP contribution >= 0.6 is 11.3 Å². The van der Waals surface area contributed by atoms with E-state index in [1.165, 1.54) is 4.88 Å². The first-order chi connectivity index (χ1) is 6.45. The van der Waals surface area contributed by atoms with Crippen molar-refractivity contribution in [2.24, 2.45) is 0 Å². The molecule has 0 saturated heterocycles. The highest BCUT2D eigenvalue weighted by Gasteiger charge is 1.96. The Kier molecular flexibility index (Phi) is 2.67. The molecule has 0 aliphatic heterocycles. The van der Waals surface area contributed by atoms with Gasteiger partial charge in [-0.1, -0.05) is 6.07 Å². The molecule has 0 N–H and O–H groups in total. The van der Waals surface area contributed by atoms with Gasteiger partial charge in [0.25, 0.3) is 0 Å². The van der Waals surface area contributed by atoms with E-state index in [9.17, 15) is 0 Å². The van der Waals surface area contributed by atoms with Crippen molar-refractivity contribution in [3.8, 4) is 0 Å². The molecule has 2 aromatic rings. The van der Waals surface area contributed by atoms with Gasteiger partial charge in [-0.2, -0.15) is 0 Å². The summed E-state index contributed by atoms with van der Waals surface area (Å²) in [5, 5.41) is 2.11. The van der Waals surface area contributed by atoms with Gasteiger partial charge in [-0.3, -0.25) is 0 Å². The van der Waals surface area contributed by atoms with E-state index in [1.807, 2.05) is 6.07 Å². The summed E-state index contributed by atoms with van der Waals surface area (Å²) >= 11 is 1.80. The zero-order valence-corrected chi connectivity index (χ0v) is 8.00. The molecule has 0 bridgehead atoms. The highest BCUT2D eigenvalue weighted by Crippen LogP contribution is 2.11. The van der Waals surface area contributed by atoms with E-state index in [-0.39, 0.29) is 0 Å². The molecule has 2 rings (SSSR count). The summed E-state index contributed by atoms with van der Waals surface area (Å²) in [7, 11) is 0. The molecule has 0 unspecified atom stereocenters. The molecule has 0 saturated carbocycles. The van der Waals surface area contributed by atoms with E-state index in [4.69, 9.17) is 0 Å². The molecule has 2 nitrogen and oxygen atoms in total. The molecule has 2 aromatic heterocycles. The van der Waals surface area contributed by atoms with Crippen molar-refractivity contribution in [1.82, 2.24) is 9.97 Å². The van der Waals surface area contributed by atoms with Crippen LogP contribution in [0.25, 0.3) is 0 Å². The Hall–Kier alpha value is -1.22. The predicted octanol–water partition coefficient (Wildman–Crippen LogP) is 2.32. The largest absolute Gasteiger partial charge is 0.245 e. The SMILES string of the molecule is c1csc(CCc2ccncn2)c1. The maximum absolute atomic E-state index is 4.17. The van der Waals surface area contributed by atoms with Gasteiger partial charge in [0.05, 0.1) is 0 Å². The summed E-state index contributed by atoms with van der Waals surface area (Å²) in [5.41, 5.74) is 1.11. The highest BCUT2D eigenvalue weighted by molar-refractivity contribution is 7.09. The minimum absolute atomic E-state index is 1.00. The summed E-state index contributed by atoms with van der Waals surface area (Å²) in [6.07, 6.45) is 5.47. The fourth-order valence-corrected chi connectivity index (χ4v) is 1.88. The van der Waals surface area contributed by atoms with Crippen molar-refractivity contribution < 1.29 is 0 Å². The first kappa shape index (κ1) is 8.38. The lowest BCUT2D eigenvalue weighted by Gasteiger charge is -1.96. The summed E-state index contributed by atoms with van der Waals surface area (Å²) in [6.45, 7) is 0. The Morgan fingerprint density at radius 2 is 2.23 bits per heavy atom. The lowest BCUT2D eigenvalue weighted by molar-refractivity contribution is 0.913. The van der Waals surface area contributed by atoms with Crippen LogP contribution in [0.1, 0.15) is 10.6 Å². The first-order valence-corrected chi connectivity index (χ1v) is 5.10. The Morgan fingerprint density at radius 3 is 2.92 bits per heavy atom. The second-order valence-corrected chi connectivity index (χ2v) is 3.81. The maximum Gasteiger partial charge on any atom is 0.115 e. The van der Waals surface area contributed by atoms with E-state index < -0.39 is 0 Å². The summed E-state index contributed by atoms with van der Waals surface area (Å²) < 4.78 is 0.